The third kappa shape index (κ3) is 13.4. The minimum atomic E-state index is -2.38. The van der Waals surface area contributed by atoms with Crippen molar-refractivity contribution in [1.82, 2.24) is 0 Å². The minimum Gasteiger partial charge on any atom is -0.481 e. The van der Waals surface area contributed by atoms with E-state index in [0.717, 1.165) is 19.3 Å². The van der Waals surface area contributed by atoms with Crippen molar-refractivity contribution in [3.63, 3.8) is 0 Å². The molecule has 0 fully saturated rings. The van der Waals surface area contributed by atoms with Crippen LogP contribution in [0.3, 0.4) is 0 Å². The molecular weight excluding hydrogens is 508 g/mol. The molecule has 4 atom stereocenters. The van der Waals surface area contributed by atoms with Gasteiger partial charge in [-0.1, -0.05) is 83.1 Å². The van der Waals surface area contributed by atoms with Gasteiger partial charge in [-0.25, -0.2) is 4.79 Å². The van der Waals surface area contributed by atoms with Gasteiger partial charge >= 0.3 is 17.9 Å². The molecule has 0 bridgehead atoms. The zero-order chi connectivity index (χ0) is 31.7. The Morgan fingerprint density at radius 1 is 0.600 bits per heavy atom. The second-order valence-electron chi connectivity index (χ2n) is 16.4. The van der Waals surface area contributed by atoms with Gasteiger partial charge in [0.05, 0.1) is 6.42 Å². The summed E-state index contributed by atoms with van der Waals surface area (Å²) in [6, 6.07) is 0. The van der Waals surface area contributed by atoms with Crippen molar-refractivity contribution in [2.24, 2.45) is 39.4 Å². The molecule has 7 nitrogen and oxygen atoms in total. The van der Waals surface area contributed by atoms with E-state index in [9.17, 15) is 29.7 Å². The van der Waals surface area contributed by atoms with E-state index in [-0.39, 0.29) is 53.4 Å². The fourth-order valence-corrected chi connectivity index (χ4v) is 6.69. The maximum absolute atomic E-state index is 13.3. The summed E-state index contributed by atoms with van der Waals surface area (Å²) < 4.78 is 6.12. The summed E-state index contributed by atoms with van der Waals surface area (Å²) in [5.41, 5.74) is -4.15. The SMILES string of the molecule is CC(CCOC(CC(=O)O)(C(=O)O)C(CCC(C)CC(C)(C)C)(CCC(C)CC(C)(C)C)C(=O)O)CC(C)(C)C. The highest BCUT2D eigenvalue weighted by Crippen LogP contribution is 2.49. The summed E-state index contributed by atoms with van der Waals surface area (Å²) in [6.45, 7) is 25.3. The third-order valence-corrected chi connectivity index (χ3v) is 7.90. The molecule has 0 amide bonds. The van der Waals surface area contributed by atoms with Crippen molar-refractivity contribution in [3.8, 4) is 0 Å². The number of carboxylic acid groups (broad SMARTS) is 3. The van der Waals surface area contributed by atoms with E-state index in [1.165, 1.54) is 0 Å². The Kier molecular flexibility index (Phi) is 14.4. The molecule has 0 rings (SSSR count). The lowest BCUT2D eigenvalue weighted by Gasteiger charge is -2.45. The van der Waals surface area contributed by atoms with Gasteiger partial charge in [0.15, 0.2) is 5.60 Å². The van der Waals surface area contributed by atoms with Crippen molar-refractivity contribution in [3.05, 3.63) is 0 Å². The molecule has 0 heterocycles. The first-order valence-corrected chi connectivity index (χ1v) is 15.2. The van der Waals surface area contributed by atoms with Crippen molar-refractivity contribution in [1.29, 1.82) is 0 Å². The van der Waals surface area contributed by atoms with E-state index in [0.29, 0.717) is 19.3 Å². The Labute approximate surface area is 244 Å². The maximum atomic E-state index is 13.3. The zero-order valence-electron chi connectivity index (χ0n) is 27.8. The predicted molar refractivity (Wildman–Crippen MR) is 161 cm³/mol. The van der Waals surface area contributed by atoms with Gasteiger partial charge in [-0.2, -0.15) is 0 Å². The Bertz CT molecular complexity index is 786. The van der Waals surface area contributed by atoms with Crippen molar-refractivity contribution < 1.29 is 34.4 Å². The van der Waals surface area contributed by atoms with Crippen LogP contribution in [0.2, 0.25) is 0 Å². The third-order valence-electron chi connectivity index (χ3n) is 7.90. The van der Waals surface area contributed by atoms with Gasteiger partial charge in [0.25, 0.3) is 0 Å². The van der Waals surface area contributed by atoms with Crippen LogP contribution < -0.4 is 0 Å². The molecule has 0 saturated carbocycles. The lowest BCUT2D eigenvalue weighted by atomic mass is 9.62. The number of rotatable bonds is 18. The standard InChI is InChI=1S/C33H62O7/c1-23(19-29(4,5)6)13-16-32(27(36)37,17-14-24(2)20-30(7,8)9)33(28(38)39,22-26(34)35)40-18-15-25(3)21-31(10,11)12/h23-25H,13-22H2,1-12H3,(H,34,35)(H,36,37)(H,38,39). The molecule has 0 aromatic heterocycles. The summed E-state index contributed by atoms with van der Waals surface area (Å²) in [6.07, 6.45) is 3.20. The monoisotopic (exact) mass is 570 g/mol. The summed E-state index contributed by atoms with van der Waals surface area (Å²) in [4.78, 5) is 38.6. The van der Waals surface area contributed by atoms with Gasteiger partial charge in [0.1, 0.15) is 5.41 Å². The Balaban J connectivity index is 6.65. The normalized spacial score (nSPS) is 18.3. The highest BCUT2D eigenvalue weighted by atomic mass is 16.5. The number of hydrogen-bond acceptors (Lipinski definition) is 4. The van der Waals surface area contributed by atoms with Gasteiger partial charge in [-0.15, -0.1) is 0 Å². The van der Waals surface area contributed by atoms with E-state index < -0.39 is 35.3 Å². The molecular formula is C33H62O7. The second-order valence-corrected chi connectivity index (χ2v) is 16.4. The van der Waals surface area contributed by atoms with Crippen LogP contribution in [-0.2, 0) is 19.1 Å². The Morgan fingerprint density at radius 2 is 0.950 bits per heavy atom. The molecule has 0 saturated heterocycles. The van der Waals surface area contributed by atoms with Crippen LogP contribution >= 0.6 is 0 Å². The van der Waals surface area contributed by atoms with Crippen LogP contribution in [0, 0.1) is 39.4 Å². The average molecular weight is 571 g/mol. The topological polar surface area (TPSA) is 121 Å². The molecule has 7 heteroatoms. The molecule has 0 radical (unpaired) electrons. The summed E-state index contributed by atoms with van der Waals surface area (Å²) in [5.74, 6) is -3.70. The number of carboxylic acids is 3. The fraction of sp³-hybridized carbons (Fsp3) is 0.909. The molecule has 0 aromatic carbocycles. The fourth-order valence-electron chi connectivity index (χ4n) is 6.69. The van der Waals surface area contributed by atoms with Gasteiger partial charge < -0.3 is 20.1 Å². The molecule has 0 aromatic rings. The first-order valence-electron chi connectivity index (χ1n) is 15.2. The highest BCUT2D eigenvalue weighted by molar-refractivity contribution is 5.92. The van der Waals surface area contributed by atoms with Crippen molar-refractivity contribution in [2.45, 2.75) is 146 Å². The van der Waals surface area contributed by atoms with Crippen molar-refractivity contribution in [2.75, 3.05) is 6.61 Å². The molecule has 4 unspecified atom stereocenters. The van der Waals surface area contributed by atoms with Crippen LogP contribution in [0.4, 0.5) is 0 Å². The molecule has 0 aliphatic heterocycles. The first kappa shape index (κ1) is 38.4. The van der Waals surface area contributed by atoms with E-state index in [4.69, 9.17) is 4.74 Å². The van der Waals surface area contributed by atoms with Crippen LogP contribution in [0.25, 0.3) is 0 Å². The van der Waals surface area contributed by atoms with Crippen LogP contribution in [0.1, 0.15) is 141 Å². The van der Waals surface area contributed by atoms with Gasteiger partial charge in [0.2, 0.25) is 0 Å². The lowest BCUT2D eigenvalue weighted by molar-refractivity contribution is -0.209. The van der Waals surface area contributed by atoms with Gasteiger partial charge in [0, 0.05) is 6.61 Å². The van der Waals surface area contributed by atoms with Gasteiger partial charge in [-0.05, 0) is 85.4 Å². The zero-order valence-corrected chi connectivity index (χ0v) is 27.8. The largest absolute Gasteiger partial charge is 0.481 e. The Morgan fingerprint density at radius 3 is 1.23 bits per heavy atom. The predicted octanol–water partition coefficient (Wildman–Crippen LogP) is 8.54. The van der Waals surface area contributed by atoms with Gasteiger partial charge in [-0.3, -0.25) is 9.59 Å². The second kappa shape index (κ2) is 15.0. The lowest BCUT2D eigenvalue weighted by Crippen LogP contribution is -2.61. The molecule has 0 aliphatic rings. The number of hydrogen-bond donors (Lipinski definition) is 3. The summed E-state index contributed by atoms with van der Waals surface area (Å²) in [5, 5.41) is 31.4. The van der Waals surface area contributed by atoms with E-state index in [2.05, 4.69) is 83.1 Å². The number of ether oxygens (including phenoxy) is 1. The molecule has 236 valence electrons. The first-order chi connectivity index (χ1) is 17.9. The van der Waals surface area contributed by atoms with E-state index >= 15 is 0 Å². The average Bonchev–Trinajstić information content (AvgIpc) is 2.68. The highest BCUT2D eigenvalue weighted by Gasteiger charge is 2.63. The minimum absolute atomic E-state index is 0.0130. The molecule has 40 heavy (non-hydrogen) atoms. The van der Waals surface area contributed by atoms with Crippen molar-refractivity contribution >= 4 is 17.9 Å². The number of aliphatic carboxylic acids is 3. The van der Waals surface area contributed by atoms with Crippen LogP contribution in [-0.4, -0.2) is 45.4 Å². The smallest absolute Gasteiger partial charge is 0.337 e. The van der Waals surface area contributed by atoms with E-state index in [1.54, 1.807) is 0 Å². The van der Waals surface area contributed by atoms with Crippen LogP contribution in [0.15, 0.2) is 0 Å². The number of carbonyl (C=O) groups is 3. The maximum Gasteiger partial charge on any atom is 0.337 e. The van der Waals surface area contributed by atoms with E-state index in [1.807, 2.05) is 0 Å². The molecule has 0 aliphatic carbocycles. The Hall–Kier alpha value is -1.63. The molecule has 0 spiro atoms. The molecule has 3 N–H and O–H groups in total. The summed E-state index contributed by atoms with van der Waals surface area (Å²) in [7, 11) is 0. The quantitative estimate of drug-likeness (QED) is 0.151. The summed E-state index contributed by atoms with van der Waals surface area (Å²) >= 11 is 0. The van der Waals surface area contributed by atoms with Crippen LogP contribution in [0.5, 0.6) is 0 Å².